The molecule has 0 N–H and O–H groups in total. The SMILES string of the molecule is C=C1C(=O)[C@@]23C(=O)[C@@H](OC(C)=O)[C@@H]4C(C)(C)CCC[C@@]4(COC(C)=O)[C@@H]2CC[C@@H]1[C@H]3OC(C)=O. The van der Waals surface area contributed by atoms with Crippen LogP contribution in [-0.4, -0.2) is 48.3 Å². The van der Waals surface area contributed by atoms with Crippen LogP contribution in [0.4, 0.5) is 0 Å². The van der Waals surface area contributed by atoms with Crippen molar-refractivity contribution in [2.24, 2.45) is 34.0 Å². The summed E-state index contributed by atoms with van der Waals surface area (Å²) in [5.74, 6) is -4.08. The summed E-state index contributed by atoms with van der Waals surface area (Å²) in [6.45, 7) is 11.9. The molecular formula is C26H34O8. The smallest absolute Gasteiger partial charge is 0.303 e. The number of hydrogen-bond acceptors (Lipinski definition) is 8. The number of esters is 3. The first-order chi connectivity index (χ1) is 15.8. The second-order valence-corrected chi connectivity index (χ2v) is 11.2. The van der Waals surface area contributed by atoms with E-state index in [2.05, 4.69) is 6.58 Å². The van der Waals surface area contributed by atoms with E-state index in [0.717, 1.165) is 12.8 Å². The Morgan fingerprint density at radius 3 is 2.21 bits per heavy atom. The van der Waals surface area contributed by atoms with E-state index < -0.39 is 75.7 Å². The maximum atomic E-state index is 14.4. The molecule has 4 rings (SSSR count). The molecule has 0 aromatic heterocycles. The lowest BCUT2D eigenvalue weighted by atomic mass is 9.39. The fourth-order valence-corrected chi connectivity index (χ4v) is 8.09. The summed E-state index contributed by atoms with van der Waals surface area (Å²) in [5.41, 5.74) is -2.65. The highest BCUT2D eigenvalue weighted by Crippen LogP contribution is 2.71. The minimum Gasteiger partial charge on any atom is -0.465 e. The van der Waals surface area contributed by atoms with E-state index in [-0.39, 0.29) is 12.2 Å². The molecule has 4 saturated carbocycles. The number of carbonyl (C=O) groups is 5. The monoisotopic (exact) mass is 474 g/mol. The highest BCUT2D eigenvalue weighted by molar-refractivity contribution is 6.20. The largest absolute Gasteiger partial charge is 0.465 e. The molecule has 8 heteroatoms. The second-order valence-electron chi connectivity index (χ2n) is 11.2. The van der Waals surface area contributed by atoms with Crippen LogP contribution >= 0.6 is 0 Å². The zero-order valence-electron chi connectivity index (χ0n) is 20.6. The van der Waals surface area contributed by atoms with E-state index in [4.69, 9.17) is 14.2 Å². The lowest BCUT2D eigenvalue weighted by molar-refractivity contribution is -0.236. The third-order valence-electron chi connectivity index (χ3n) is 8.96. The van der Waals surface area contributed by atoms with Gasteiger partial charge >= 0.3 is 17.9 Å². The number of ketones is 2. The normalized spacial score (nSPS) is 40.1. The van der Waals surface area contributed by atoms with Crippen molar-refractivity contribution in [3.8, 4) is 0 Å². The third-order valence-corrected chi connectivity index (χ3v) is 8.96. The van der Waals surface area contributed by atoms with Crippen molar-refractivity contribution in [2.75, 3.05) is 6.61 Å². The van der Waals surface area contributed by atoms with E-state index in [9.17, 15) is 24.0 Å². The summed E-state index contributed by atoms with van der Waals surface area (Å²) in [6, 6.07) is 0. The zero-order valence-corrected chi connectivity index (χ0v) is 20.6. The Morgan fingerprint density at radius 1 is 0.971 bits per heavy atom. The molecule has 4 aliphatic carbocycles. The first-order valence-electron chi connectivity index (χ1n) is 12.1. The van der Waals surface area contributed by atoms with E-state index in [1.54, 1.807) is 0 Å². The first-order valence-corrected chi connectivity index (χ1v) is 12.1. The molecule has 0 amide bonds. The minimum absolute atomic E-state index is 0.00507. The highest BCUT2D eigenvalue weighted by Gasteiger charge is 2.79. The molecule has 2 bridgehead atoms. The van der Waals surface area contributed by atoms with Gasteiger partial charge in [0.2, 0.25) is 0 Å². The topological polar surface area (TPSA) is 113 Å². The number of carbonyl (C=O) groups excluding carboxylic acids is 5. The van der Waals surface area contributed by atoms with Gasteiger partial charge in [-0.25, -0.2) is 0 Å². The second kappa shape index (κ2) is 8.02. The lowest BCUT2D eigenvalue weighted by Crippen LogP contribution is -2.73. The van der Waals surface area contributed by atoms with Crippen molar-refractivity contribution in [3.63, 3.8) is 0 Å². The van der Waals surface area contributed by atoms with Crippen molar-refractivity contribution in [1.29, 1.82) is 0 Å². The molecule has 0 aromatic rings. The Labute approximate surface area is 199 Å². The van der Waals surface area contributed by atoms with E-state index in [1.807, 2.05) is 13.8 Å². The van der Waals surface area contributed by atoms with Crippen molar-refractivity contribution in [3.05, 3.63) is 12.2 Å². The van der Waals surface area contributed by atoms with Gasteiger partial charge in [0, 0.05) is 38.0 Å². The van der Waals surface area contributed by atoms with Crippen LogP contribution in [0.1, 0.15) is 66.7 Å². The Bertz CT molecular complexity index is 979. The van der Waals surface area contributed by atoms with Gasteiger partial charge in [0.1, 0.15) is 11.5 Å². The summed E-state index contributed by atoms with van der Waals surface area (Å²) in [7, 11) is 0. The number of Topliss-reactive ketones (excluding diaryl/α,β-unsaturated/α-hetero) is 2. The number of hydrogen-bond donors (Lipinski definition) is 0. The summed E-state index contributed by atoms with van der Waals surface area (Å²) >= 11 is 0. The summed E-state index contributed by atoms with van der Waals surface area (Å²) in [6.07, 6.45) is 1.04. The van der Waals surface area contributed by atoms with Crippen LogP contribution in [0.25, 0.3) is 0 Å². The maximum Gasteiger partial charge on any atom is 0.303 e. The molecule has 0 radical (unpaired) electrons. The molecule has 34 heavy (non-hydrogen) atoms. The van der Waals surface area contributed by atoms with Crippen molar-refractivity contribution in [2.45, 2.75) is 78.9 Å². The van der Waals surface area contributed by atoms with Gasteiger partial charge in [0.25, 0.3) is 0 Å². The van der Waals surface area contributed by atoms with Crippen LogP contribution in [0.3, 0.4) is 0 Å². The fraction of sp³-hybridized carbons (Fsp3) is 0.731. The average Bonchev–Trinajstić information content (AvgIpc) is 2.84. The fourth-order valence-electron chi connectivity index (χ4n) is 8.09. The predicted molar refractivity (Wildman–Crippen MR) is 119 cm³/mol. The molecule has 0 heterocycles. The van der Waals surface area contributed by atoms with Gasteiger partial charge in [-0.2, -0.15) is 0 Å². The summed E-state index contributed by atoms with van der Waals surface area (Å²) < 4.78 is 17.1. The Kier molecular flexibility index (Phi) is 5.81. The molecule has 0 aromatic carbocycles. The van der Waals surface area contributed by atoms with Crippen LogP contribution in [0.5, 0.6) is 0 Å². The molecular weight excluding hydrogens is 440 g/mol. The molecule has 0 unspecified atom stereocenters. The average molecular weight is 475 g/mol. The van der Waals surface area contributed by atoms with Crippen molar-refractivity contribution < 1.29 is 38.2 Å². The van der Waals surface area contributed by atoms with Gasteiger partial charge in [-0.1, -0.05) is 26.8 Å². The molecule has 4 fully saturated rings. The van der Waals surface area contributed by atoms with Crippen molar-refractivity contribution >= 4 is 29.5 Å². The summed E-state index contributed by atoms with van der Waals surface area (Å²) in [5, 5.41) is 0. The van der Waals surface area contributed by atoms with Gasteiger partial charge in [-0.15, -0.1) is 0 Å². The van der Waals surface area contributed by atoms with Crippen LogP contribution in [0, 0.1) is 34.0 Å². The lowest BCUT2D eigenvalue weighted by Gasteiger charge is -2.65. The molecule has 1 spiro atoms. The van der Waals surface area contributed by atoms with Crippen LogP contribution in [0.15, 0.2) is 12.2 Å². The predicted octanol–water partition coefficient (Wildman–Crippen LogP) is 2.96. The van der Waals surface area contributed by atoms with Crippen LogP contribution in [-0.2, 0) is 38.2 Å². The third kappa shape index (κ3) is 3.20. The van der Waals surface area contributed by atoms with Gasteiger partial charge < -0.3 is 14.2 Å². The molecule has 186 valence electrons. The Balaban J connectivity index is 2.00. The Morgan fingerprint density at radius 2 is 1.62 bits per heavy atom. The van der Waals surface area contributed by atoms with Gasteiger partial charge in [0.05, 0.1) is 6.61 Å². The zero-order chi connectivity index (χ0) is 25.2. The standard InChI is InChI=1S/C26H34O8/c1-13-17-8-9-18-25(12-32-14(2)27)11-7-10-24(5,6)20(25)19(33-15(3)28)22(31)26(18,21(13)30)23(17)34-16(4)29/h17-20,23H,1,7-12H2,2-6H3/t17-,18-,19-,20+,23+,25+,26+/m0/s1. The highest BCUT2D eigenvalue weighted by atomic mass is 16.6. The summed E-state index contributed by atoms with van der Waals surface area (Å²) in [4.78, 5) is 64.7. The van der Waals surface area contributed by atoms with Gasteiger partial charge in [-0.05, 0) is 42.6 Å². The van der Waals surface area contributed by atoms with E-state index >= 15 is 0 Å². The molecule has 7 atom stereocenters. The van der Waals surface area contributed by atoms with E-state index in [1.165, 1.54) is 20.8 Å². The molecule has 4 aliphatic rings. The quantitative estimate of drug-likeness (QED) is 0.265. The molecule has 8 nitrogen and oxygen atoms in total. The molecule has 0 aliphatic heterocycles. The number of fused-ring (bicyclic) bond motifs is 3. The van der Waals surface area contributed by atoms with Gasteiger partial charge in [0.15, 0.2) is 17.7 Å². The van der Waals surface area contributed by atoms with Crippen LogP contribution in [0.2, 0.25) is 0 Å². The minimum atomic E-state index is -1.70. The Hall–Kier alpha value is -2.51. The van der Waals surface area contributed by atoms with Crippen LogP contribution < -0.4 is 0 Å². The van der Waals surface area contributed by atoms with Crippen molar-refractivity contribution in [1.82, 2.24) is 0 Å². The van der Waals surface area contributed by atoms with E-state index in [0.29, 0.717) is 19.3 Å². The number of rotatable bonds is 4. The maximum absolute atomic E-state index is 14.4. The molecule has 0 saturated heterocycles. The van der Waals surface area contributed by atoms with Gasteiger partial charge in [-0.3, -0.25) is 24.0 Å². The first kappa shape index (κ1) is 24.6. The number of ether oxygens (including phenoxy) is 3.